The van der Waals surface area contributed by atoms with Crippen molar-refractivity contribution in [3.8, 4) is 0 Å². The number of hydrogen-bond acceptors (Lipinski definition) is 5. The van der Waals surface area contributed by atoms with E-state index >= 15 is 0 Å². The van der Waals surface area contributed by atoms with Crippen molar-refractivity contribution < 1.29 is 24.5 Å². The lowest BCUT2D eigenvalue weighted by atomic mass is 9.93. The van der Waals surface area contributed by atoms with Gasteiger partial charge in [0, 0.05) is 6.92 Å². The van der Waals surface area contributed by atoms with Crippen LogP contribution >= 0.6 is 0 Å². The Balaban J connectivity index is 2.58. The van der Waals surface area contributed by atoms with Gasteiger partial charge < -0.3 is 19.7 Å². The van der Waals surface area contributed by atoms with Crippen molar-refractivity contribution in [2.75, 3.05) is 6.61 Å². The van der Waals surface area contributed by atoms with Crippen LogP contribution in [0.5, 0.6) is 0 Å². The topological polar surface area (TPSA) is 76.0 Å². The second-order valence-corrected chi connectivity index (χ2v) is 3.13. The molecule has 0 aromatic rings. The second-order valence-electron chi connectivity index (χ2n) is 3.13. The molecule has 1 heterocycles. The van der Waals surface area contributed by atoms with Crippen LogP contribution in [0.4, 0.5) is 0 Å². The van der Waals surface area contributed by atoms with Crippen LogP contribution in [0.25, 0.3) is 0 Å². The zero-order chi connectivity index (χ0) is 10.0. The number of carbonyl (C=O) groups excluding carboxylic acids is 1. The van der Waals surface area contributed by atoms with Crippen LogP contribution in [0.2, 0.25) is 0 Å². The minimum atomic E-state index is -0.941. The third kappa shape index (κ3) is 2.21. The molecule has 74 valence electrons. The summed E-state index contributed by atoms with van der Waals surface area (Å²) in [5.74, 6) is -0.460. The quantitative estimate of drug-likeness (QED) is 0.374. The van der Waals surface area contributed by atoms with Crippen molar-refractivity contribution in [3.05, 3.63) is 0 Å². The Hall–Kier alpha value is -0.585. The molecule has 1 fully saturated rings. The summed E-state index contributed by atoms with van der Waals surface area (Å²) >= 11 is 0. The predicted molar refractivity (Wildman–Crippen MR) is 45.9 cm³/mol. The molecule has 0 bridgehead atoms. The molecular formula is C7H13BO5. The summed E-state index contributed by atoms with van der Waals surface area (Å²) in [6.45, 7) is 0.995. The van der Waals surface area contributed by atoms with Gasteiger partial charge in [0.1, 0.15) is 26.2 Å². The molecule has 6 heteroatoms. The minimum absolute atomic E-state index is 0.275. The number of rotatable bonds is 2. The molecular weight excluding hydrogens is 175 g/mol. The first-order valence-electron chi connectivity index (χ1n) is 4.18. The average Bonchev–Trinajstić information content (AvgIpc) is 2.31. The van der Waals surface area contributed by atoms with Gasteiger partial charge in [-0.1, -0.05) is 0 Å². The first-order chi connectivity index (χ1) is 6.06. The summed E-state index contributed by atoms with van der Waals surface area (Å²) < 4.78 is 10.0. The molecule has 1 aliphatic rings. The van der Waals surface area contributed by atoms with E-state index in [-0.39, 0.29) is 12.6 Å². The fourth-order valence-corrected chi connectivity index (χ4v) is 1.43. The van der Waals surface area contributed by atoms with Crippen LogP contribution in [0.1, 0.15) is 6.92 Å². The average molecular weight is 188 g/mol. The van der Waals surface area contributed by atoms with Crippen LogP contribution in [-0.4, -0.2) is 55.0 Å². The van der Waals surface area contributed by atoms with E-state index in [1.807, 2.05) is 0 Å². The summed E-state index contributed by atoms with van der Waals surface area (Å²) in [5, 5.41) is 18.3. The predicted octanol–water partition coefficient (Wildman–Crippen LogP) is -2.37. The van der Waals surface area contributed by atoms with E-state index < -0.39 is 24.3 Å². The maximum atomic E-state index is 10.6. The van der Waals surface area contributed by atoms with Crippen molar-refractivity contribution in [1.82, 2.24) is 0 Å². The number of carbonyl (C=O) groups is 1. The molecule has 0 aromatic carbocycles. The Labute approximate surface area is 77.1 Å². The summed E-state index contributed by atoms with van der Waals surface area (Å²) in [4.78, 5) is 10.6. The molecule has 1 rings (SSSR count). The third-order valence-electron chi connectivity index (χ3n) is 2.05. The Bertz CT molecular complexity index is 197. The smallest absolute Gasteiger partial charge is 0.303 e. The Morgan fingerprint density at radius 3 is 2.69 bits per heavy atom. The molecule has 1 saturated heterocycles. The molecule has 0 radical (unpaired) electrons. The van der Waals surface area contributed by atoms with Crippen molar-refractivity contribution in [2.45, 2.75) is 31.2 Å². The fourth-order valence-electron chi connectivity index (χ4n) is 1.43. The number of ether oxygens (including phenoxy) is 2. The Morgan fingerprint density at radius 2 is 2.31 bits per heavy atom. The largest absolute Gasteiger partial charge is 0.458 e. The zero-order valence-corrected chi connectivity index (χ0v) is 7.64. The van der Waals surface area contributed by atoms with Crippen LogP contribution in [0.15, 0.2) is 0 Å². The lowest BCUT2D eigenvalue weighted by Crippen LogP contribution is -2.37. The van der Waals surface area contributed by atoms with Gasteiger partial charge in [-0.3, -0.25) is 4.79 Å². The van der Waals surface area contributed by atoms with Crippen molar-refractivity contribution >= 4 is 13.8 Å². The second kappa shape index (κ2) is 4.08. The summed E-state index contributed by atoms with van der Waals surface area (Å²) in [6, 6.07) is -0.379. The molecule has 0 aliphatic carbocycles. The Morgan fingerprint density at radius 1 is 1.69 bits per heavy atom. The molecule has 5 nitrogen and oxygen atoms in total. The van der Waals surface area contributed by atoms with Crippen LogP contribution in [-0.2, 0) is 14.3 Å². The van der Waals surface area contributed by atoms with Crippen LogP contribution in [0.3, 0.4) is 0 Å². The SMILES string of the molecule is B[C@@H]1O[C@H](CO)[C@@H](O)[C@@H]1OC(C)=O. The van der Waals surface area contributed by atoms with Gasteiger partial charge in [-0.2, -0.15) is 0 Å². The number of hydrogen-bond donors (Lipinski definition) is 2. The maximum absolute atomic E-state index is 10.6. The molecule has 1 aliphatic heterocycles. The van der Waals surface area contributed by atoms with Gasteiger partial charge in [0.15, 0.2) is 0 Å². The van der Waals surface area contributed by atoms with E-state index in [1.165, 1.54) is 6.92 Å². The molecule has 0 saturated carbocycles. The molecule has 4 atom stereocenters. The van der Waals surface area contributed by atoms with E-state index in [0.717, 1.165) is 0 Å². The summed E-state index contributed by atoms with van der Waals surface area (Å²) in [7, 11) is 1.69. The van der Waals surface area contributed by atoms with E-state index in [1.54, 1.807) is 7.85 Å². The Kier molecular flexibility index (Phi) is 3.30. The van der Waals surface area contributed by atoms with Gasteiger partial charge in [0.2, 0.25) is 0 Å². The number of esters is 1. The van der Waals surface area contributed by atoms with Crippen molar-refractivity contribution in [1.29, 1.82) is 0 Å². The highest BCUT2D eigenvalue weighted by atomic mass is 16.6. The summed E-state index contributed by atoms with van der Waals surface area (Å²) in [5.41, 5.74) is 0. The van der Waals surface area contributed by atoms with E-state index in [4.69, 9.17) is 14.6 Å². The minimum Gasteiger partial charge on any atom is -0.458 e. The normalized spacial score (nSPS) is 39.0. The highest BCUT2D eigenvalue weighted by Crippen LogP contribution is 2.21. The monoisotopic (exact) mass is 188 g/mol. The highest BCUT2D eigenvalue weighted by Gasteiger charge is 2.42. The van der Waals surface area contributed by atoms with Crippen LogP contribution in [0, 0.1) is 0 Å². The lowest BCUT2D eigenvalue weighted by molar-refractivity contribution is -0.151. The molecule has 0 unspecified atom stereocenters. The van der Waals surface area contributed by atoms with Gasteiger partial charge in [0.25, 0.3) is 0 Å². The third-order valence-corrected chi connectivity index (χ3v) is 2.05. The maximum Gasteiger partial charge on any atom is 0.303 e. The van der Waals surface area contributed by atoms with E-state index in [0.29, 0.717) is 0 Å². The summed E-state index contributed by atoms with van der Waals surface area (Å²) in [6.07, 6.45) is -2.27. The molecule has 2 N–H and O–H groups in total. The van der Waals surface area contributed by atoms with E-state index in [9.17, 15) is 9.90 Å². The molecule has 0 amide bonds. The molecule has 0 spiro atoms. The first-order valence-corrected chi connectivity index (χ1v) is 4.18. The highest BCUT2D eigenvalue weighted by molar-refractivity contribution is 6.11. The zero-order valence-electron chi connectivity index (χ0n) is 7.64. The number of aliphatic hydroxyl groups is 2. The van der Waals surface area contributed by atoms with Gasteiger partial charge in [-0.05, 0) is 0 Å². The molecule has 13 heavy (non-hydrogen) atoms. The van der Waals surface area contributed by atoms with Crippen molar-refractivity contribution in [3.63, 3.8) is 0 Å². The number of aliphatic hydroxyl groups excluding tert-OH is 2. The van der Waals surface area contributed by atoms with E-state index in [2.05, 4.69) is 0 Å². The lowest BCUT2D eigenvalue weighted by Gasteiger charge is -2.17. The van der Waals surface area contributed by atoms with Gasteiger partial charge in [-0.25, -0.2) is 0 Å². The van der Waals surface area contributed by atoms with Gasteiger partial charge >= 0.3 is 5.97 Å². The van der Waals surface area contributed by atoms with Gasteiger partial charge in [0.05, 0.1) is 12.6 Å². The first kappa shape index (κ1) is 10.5. The fraction of sp³-hybridized carbons (Fsp3) is 0.857. The van der Waals surface area contributed by atoms with Gasteiger partial charge in [-0.15, -0.1) is 0 Å². The molecule has 0 aromatic heterocycles. The van der Waals surface area contributed by atoms with Crippen molar-refractivity contribution in [2.24, 2.45) is 0 Å². The van der Waals surface area contributed by atoms with Crippen LogP contribution < -0.4 is 0 Å². The standard InChI is InChI=1S/C7H13BO5/c1-3(10)12-6-5(11)4(2-9)13-7(6)8/h4-7,9,11H,2,8H2,1H3/t4-,5-,6+,7-/m1/s1.